The van der Waals surface area contributed by atoms with Gasteiger partial charge < -0.3 is 10.8 Å². The Morgan fingerprint density at radius 2 is 1.82 bits per heavy atom. The predicted molar refractivity (Wildman–Crippen MR) is 111 cm³/mol. The summed E-state index contributed by atoms with van der Waals surface area (Å²) in [6, 6.07) is 13.6. The minimum Gasteiger partial charge on any atom is -0.506 e. The number of allylic oxidation sites excluding steroid dienone is 6. The summed E-state index contributed by atoms with van der Waals surface area (Å²) in [5, 5.41) is 10.3. The molecular weight excluding hydrogens is 346 g/mol. The minimum absolute atomic E-state index is 0.129. The number of fused-ring (bicyclic) bond motifs is 1. The van der Waals surface area contributed by atoms with Crippen molar-refractivity contribution < 1.29 is 5.11 Å². The van der Waals surface area contributed by atoms with E-state index in [1.54, 1.807) is 12.1 Å². The smallest absolute Gasteiger partial charge is 0.154 e. The van der Waals surface area contributed by atoms with Crippen molar-refractivity contribution in [1.82, 2.24) is 9.97 Å². The van der Waals surface area contributed by atoms with E-state index in [2.05, 4.69) is 18.2 Å². The van der Waals surface area contributed by atoms with Gasteiger partial charge in [0, 0.05) is 23.3 Å². The zero-order valence-electron chi connectivity index (χ0n) is 15.4. The van der Waals surface area contributed by atoms with Crippen LogP contribution < -0.4 is 5.73 Å². The van der Waals surface area contributed by atoms with Gasteiger partial charge in [-0.2, -0.15) is 0 Å². The van der Waals surface area contributed by atoms with Gasteiger partial charge in [0.2, 0.25) is 0 Å². The molecule has 0 radical (unpaired) electrons. The lowest BCUT2D eigenvalue weighted by atomic mass is 9.72. The first-order chi connectivity index (χ1) is 13.6. The first-order valence-electron chi connectivity index (χ1n) is 9.50. The highest BCUT2D eigenvalue weighted by molar-refractivity contribution is 5.90. The lowest BCUT2D eigenvalue weighted by Gasteiger charge is -2.38. The number of nitrogens with two attached hydrogens (primary N) is 1. The van der Waals surface area contributed by atoms with Gasteiger partial charge in [-0.15, -0.1) is 0 Å². The zero-order chi connectivity index (χ0) is 19.1. The molecule has 1 saturated carbocycles. The Bertz CT molecular complexity index is 1150. The van der Waals surface area contributed by atoms with E-state index in [4.69, 9.17) is 15.7 Å². The summed E-state index contributed by atoms with van der Waals surface area (Å²) in [6.45, 7) is 0. The molecule has 28 heavy (non-hydrogen) atoms. The average molecular weight is 366 g/mol. The van der Waals surface area contributed by atoms with E-state index in [-0.39, 0.29) is 11.3 Å². The standard InChI is InChI=1S/C24H19N3O/c25-24(14-5-15-24)18-12-10-17(11-13-18)22-21(16-6-2-1-3-7-16)26-19-8-4-9-20(28)23(19)27-22/h1-2,4,6-13H,5,14-15,25H2/p+1. The molecule has 0 spiro atoms. The highest BCUT2D eigenvalue weighted by Crippen LogP contribution is 2.39. The molecule has 4 heteroatoms. The summed E-state index contributed by atoms with van der Waals surface area (Å²) >= 11 is 0. The molecule has 0 amide bonds. The first-order valence-corrected chi connectivity index (χ1v) is 9.50. The molecule has 3 N–H and O–H groups in total. The van der Waals surface area contributed by atoms with Crippen molar-refractivity contribution in [2.75, 3.05) is 0 Å². The van der Waals surface area contributed by atoms with E-state index >= 15 is 0 Å². The molecule has 0 aliphatic heterocycles. The van der Waals surface area contributed by atoms with Gasteiger partial charge >= 0.3 is 0 Å². The third-order valence-electron chi connectivity index (χ3n) is 5.63. The Morgan fingerprint density at radius 3 is 2.50 bits per heavy atom. The number of aromatic nitrogens is 2. The summed E-state index contributed by atoms with van der Waals surface area (Å²) in [5.74, 6) is 0.129. The average Bonchev–Trinajstić information content (AvgIpc) is 2.72. The fourth-order valence-electron chi connectivity index (χ4n) is 3.81. The minimum atomic E-state index is -0.191. The largest absolute Gasteiger partial charge is 0.506 e. The number of rotatable bonds is 3. The van der Waals surface area contributed by atoms with Crippen LogP contribution in [0.4, 0.5) is 0 Å². The topological polar surface area (TPSA) is 72.0 Å². The second-order valence-corrected chi connectivity index (χ2v) is 7.44. The van der Waals surface area contributed by atoms with Crippen LogP contribution in [0.25, 0.3) is 27.9 Å². The summed E-state index contributed by atoms with van der Waals surface area (Å²) in [5.41, 5.74) is 12.0. The van der Waals surface area contributed by atoms with Crippen LogP contribution in [0, 0.1) is 6.08 Å². The molecule has 3 aromatic rings. The Kier molecular flexibility index (Phi) is 3.83. The number of nitrogens with zero attached hydrogens (tertiary/aromatic N) is 2. The number of benzene rings is 2. The monoisotopic (exact) mass is 366 g/mol. The Balaban J connectivity index is 1.68. The van der Waals surface area contributed by atoms with E-state index in [0.717, 1.165) is 40.9 Å². The van der Waals surface area contributed by atoms with Gasteiger partial charge in [-0.1, -0.05) is 30.3 Å². The molecule has 0 unspecified atom stereocenters. The van der Waals surface area contributed by atoms with E-state index in [1.807, 2.05) is 42.5 Å². The second-order valence-electron chi connectivity index (χ2n) is 7.44. The lowest BCUT2D eigenvalue weighted by Crippen LogP contribution is -2.43. The third kappa shape index (κ3) is 2.71. The summed E-state index contributed by atoms with van der Waals surface area (Å²) in [7, 11) is 0. The molecule has 2 aromatic carbocycles. The predicted octanol–water partition coefficient (Wildman–Crippen LogP) is 4.65. The number of hydrogen-bond acceptors (Lipinski definition) is 4. The number of phenolic OH excluding ortho intramolecular Hbond substituents is 1. The lowest BCUT2D eigenvalue weighted by molar-refractivity contribution is 0.253. The van der Waals surface area contributed by atoms with Crippen LogP contribution in [0.3, 0.4) is 0 Å². The molecule has 1 heterocycles. The van der Waals surface area contributed by atoms with E-state index in [9.17, 15) is 5.11 Å². The third-order valence-corrected chi connectivity index (χ3v) is 5.63. The van der Waals surface area contributed by atoms with Crippen molar-refractivity contribution >= 4 is 16.6 Å². The van der Waals surface area contributed by atoms with Gasteiger partial charge in [0.25, 0.3) is 0 Å². The molecule has 136 valence electrons. The van der Waals surface area contributed by atoms with Crippen LogP contribution in [-0.2, 0) is 5.54 Å². The van der Waals surface area contributed by atoms with E-state index < -0.39 is 0 Å². The number of para-hydroxylation sites is 1. The maximum atomic E-state index is 10.3. The van der Waals surface area contributed by atoms with Crippen LogP contribution in [0.1, 0.15) is 30.5 Å². The van der Waals surface area contributed by atoms with E-state index in [0.29, 0.717) is 11.0 Å². The molecule has 1 aromatic heterocycles. The van der Waals surface area contributed by atoms with Gasteiger partial charge in [-0.3, -0.25) is 0 Å². The maximum absolute atomic E-state index is 10.3. The second kappa shape index (κ2) is 6.38. The fraction of sp³-hybridized carbons (Fsp3) is 0.167. The molecule has 5 rings (SSSR count). The van der Waals surface area contributed by atoms with Crippen LogP contribution >= 0.6 is 0 Å². The molecule has 2 aliphatic rings. The summed E-state index contributed by atoms with van der Waals surface area (Å²) < 4.78 is 0. The van der Waals surface area contributed by atoms with Crippen LogP contribution in [-0.4, -0.2) is 15.1 Å². The normalized spacial score (nSPS) is 17.1. The SMILES string of the molecule is NC1(c2ccc(-c3nc4c(O)cccc4nc3C3=CC=C[C+]=C3)cc2)CCC1. The van der Waals surface area contributed by atoms with Gasteiger partial charge in [-0.25, -0.2) is 9.97 Å². The highest BCUT2D eigenvalue weighted by Gasteiger charge is 2.34. The van der Waals surface area contributed by atoms with E-state index in [1.165, 1.54) is 6.42 Å². The Morgan fingerprint density at radius 1 is 1.00 bits per heavy atom. The van der Waals surface area contributed by atoms with Crippen LogP contribution in [0.5, 0.6) is 5.75 Å². The van der Waals surface area contributed by atoms with Crippen LogP contribution in [0.2, 0.25) is 0 Å². The Labute approximate surface area is 163 Å². The first kappa shape index (κ1) is 16.8. The van der Waals surface area contributed by atoms with Crippen molar-refractivity contribution in [3.8, 4) is 17.0 Å². The molecule has 2 aliphatic carbocycles. The van der Waals surface area contributed by atoms with Crippen molar-refractivity contribution in [2.45, 2.75) is 24.8 Å². The number of aromatic hydroxyl groups is 1. The van der Waals surface area contributed by atoms with Gasteiger partial charge in [0.1, 0.15) is 34.7 Å². The van der Waals surface area contributed by atoms with Gasteiger partial charge in [-0.05, 0) is 37.0 Å². The Hall–Kier alpha value is -3.33. The van der Waals surface area contributed by atoms with Crippen molar-refractivity contribution in [2.24, 2.45) is 5.73 Å². The van der Waals surface area contributed by atoms with Crippen molar-refractivity contribution in [3.63, 3.8) is 0 Å². The van der Waals surface area contributed by atoms with Crippen molar-refractivity contribution in [1.29, 1.82) is 0 Å². The summed E-state index contributed by atoms with van der Waals surface area (Å²) in [4.78, 5) is 9.60. The number of hydrogen-bond donors (Lipinski definition) is 2. The molecule has 0 atom stereocenters. The molecule has 0 saturated heterocycles. The quantitative estimate of drug-likeness (QED) is 0.662. The fourth-order valence-corrected chi connectivity index (χ4v) is 3.81. The van der Waals surface area contributed by atoms with Crippen molar-refractivity contribution in [3.05, 3.63) is 84.1 Å². The molecular formula is C24H20N3O+. The van der Waals surface area contributed by atoms with Gasteiger partial charge in [0.05, 0.1) is 11.6 Å². The zero-order valence-corrected chi connectivity index (χ0v) is 15.4. The summed E-state index contributed by atoms with van der Waals surface area (Å²) in [6.07, 6.45) is 14.0. The highest BCUT2D eigenvalue weighted by atomic mass is 16.3. The molecule has 1 fully saturated rings. The number of phenols is 1. The maximum Gasteiger partial charge on any atom is 0.154 e. The molecule has 0 bridgehead atoms. The van der Waals surface area contributed by atoms with Gasteiger partial charge in [0.15, 0.2) is 5.69 Å². The van der Waals surface area contributed by atoms with Crippen LogP contribution in [0.15, 0.2) is 66.8 Å². The molecule has 4 nitrogen and oxygen atoms in total.